The van der Waals surface area contributed by atoms with Gasteiger partial charge in [0.25, 0.3) is 0 Å². The van der Waals surface area contributed by atoms with Gasteiger partial charge in [0, 0.05) is 11.4 Å². The smallest absolute Gasteiger partial charge is 0.326 e. The topological polar surface area (TPSA) is 89.4 Å². The van der Waals surface area contributed by atoms with Crippen LogP contribution in [0.3, 0.4) is 0 Å². The summed E-state index contributed by atoms with van der Waals surface area (Å²) >= 11 is 7.79. The third kappa shape index (κ3) is 2.59. The van der Waals surface area contributed by atoms with Crippen LogP contribution in [0, 0.1) is 0 Å². The molecule has 0 aliphatic rings. The Morgan fingerprint density at radius 2 is 2.29 bits per heavy atom. The number of thiazole rings is 1. The molecule has 2 aromatic heterocycles. The van der Waals surface area contributed by atoms with Gasteiger partial charge in [0.2, 0.25) is 0 Å². The molecule has 1 unspecified atom stereocenters. The van der Waals surface area contributed by atoms with Crippen molar-refractivity contribution in [1.29, 1.82) is 0 Å². The van der Waals surface area contributed by atoms with Crippen LogP contribution < -0.4 is 5.73 Å². The van der Waals surface area contributed by atoms with Gasteiger partial charge in [0.15, 0.2) is 15.4 Å². The molecular formula is C9H6Br2N2O3S. The van der Waals surface area contributed by atoms with Gasteiger partial charge in [-0.2, -0.15) is 0 Å². The summed E-state index contributed by atoms with van der Waals surface area (Å²) in [5.41, 5.74) is 5.78. The van der Waals surface area contributed by atoms with Crippen LogP contribution in [0.25, 0.3) is 10.8 Å². The Bertz CT molecular complexity index is 547. The Balaban J connectivity index is 2.32. The fourth-order valence-corrected chi connectivity index (χ4v) is 2.50. The zero-order valence-electron chi connectivity index (χ0n) is 8.18. The van der Waals surface area contributed by atoms with Crippen molar-refractivity contribution in [1.82, 2.24) is 4.98 Å². The molecule has 2 rings (SSSR count). The summed E-state index contributed by atoms with van der Waals surface area (Å²) in [6, 6.07) is 0.640. The summed E-state index contributed by atoms with van der Waals surface area (Å²) in [4.78, 5) is 14.8. The number of nitrogens with zero attached hydrogens (tertiary/aromatic N) is 1. The van der Waals surface area contributed by atoms with Gasteiger partial charge >= 0.3 is 5.97 Å². The first kappa shape index (κ1) is 12.7. The van der Waals surface area contributed by atoms with E-state index in [9.17, 15) is 4.79 Å². The molecule has 2 aromatic rings. The highest BCUT2D eigenvalue weighted by Crippen LogP contribution is 2.34. The zero-order valence-corrected chi connectivity index (χ0v) is 12.2. The monoisotopic (exact) mass is 380 g/mol. The zero-order chi connectivity index (χ0) is 12.6. The van der Waals surface area contributed by atoms with Gasteiger partial charge in [0.05, 0.1) is 10.2 Å². The molecule has 17 heavy (non-hydrogen) atoms. The van der Waals surface area contributed by atoms with E-state index < -0.39 is 12.0 Å². The average molecular weight is 382 g/mol. The number of carboxylic acid groups (broad SMARTS) is 1. The van der Waals surface area contributed by atoms with E-state index in [1.807, 2.05) is 0 Å². The number of hydrogen-bond acceptors (Lipinski definition) is 5. The summed E-state index contributed by atoms with van der Waals surface area (Å²) in [6.45, 7) is 0. The van der Waals surface area contributed by atoms with E-state index in [0.717, 1.165) is 4.47 Å². The van der Waals surface area contributed by atoms with Gasteiger partial charge in [-0.25, -0.2) is 4.98 Å². The molecule has 2 heterocycles. The highest BCUT2D eigenvalue weighted by molar-refractivity contribution is 9.13. The predicted octanol–water partition coefficient (Wildman–Crippen LogP) is 3.01. The number of nitrogens with two attached hydrogens (primary N) is 1. The molecule has 0 fully saturated rings. The largest absolute Gasteiger partial charge is 0.480 e. The molecule has 0 radical (unpaired) electrons. The third-order valence-electron chi connectivity index (χ3n) is 1.96. The van der Waals surface area contributed by atoms with Crippen LogP contribution in [0.4, 0.5) is 0 Å². The Morgan fingerprint density at radius 3 is 2.82 bits per heavy atom. The molecule has 0 saturated carbocycles. The predicted molar refractivity (Wildman–Crippen MR) is 69.8 cm³/mol. The van der Waals surface area contributed by atoms with Crippen LogP contribution >= 0.6 is 43.2 Å². The van der Waals surface area contributed by atoms with Gasteiger partial charge in [-0.15, -0.1) is 11.3 Å². The van der Waals surface area contributed by atoms with E-state index >= 15 is 0 Å². The molecule has 90 valence electrons. The van der Waals surface area contributed by atoms with Crippen molar-refractivity contribution in [3.05, 3.63) is 26.3 Å². The Labute approximate surface area is 117 Å². The van der Waals surface area contributed by atoms with Gasteiger partial charge < -0.3 is 15.3 Å². The molecule has 0 saturated heterocycles. The molecule has 0 amide bonds. The van der Waals surface area contributed by atoms with Crippen molar-refractivity contribution >= 4 is 49.2 Å². The van der Waals surface area contributed by atoms with Crippen LogP contribution in [-0.2, 0) is 4.79 Å². The molecular weight excluding hydrogens is 376 g/mol. The fourth-order valence-electron chi connectivity index (χ4n) is 1.12. The second kappa shape index (κ2) is 4.89. The lowest BCUT2D eigenvalue weighted by atomic mass is 10.2. The van der Waals surface area contributed by atoms with Crippen LogP contribution in [0.15, 0.2) is 25.0 Å². The van der Waals surface area contributed by atoms with Crippen molar-refractivity contribution in [2.24, 2.45) is 5.73 Å². The summed E-state index contributed by atoms with van der Waals surface area (Å²) in [5.74, 6) is -0.554. The number of halogens is 2. The standard InChI is InChI=1S/C9H6Br2N2O3S/c10-3-1-5(16-7(3)11)8-13-4(2-17-8)6(12)9(14)15/h1-2,6H,12H2,(H,14,15). The maximum Gasteiger partial charge on any atom is 0.326 e. The van der Waals surface area contributed by atoms with Gasteiger partial charge in [0.1, 0.15) is 6.04 Å². The van der Waals surface area contributed by atoms with E-state index in [-0.39, 0.29) is 0 Å². The van der Waals surface area contributed by atoms with E-state index in [1.54, 1.807) is 11.4 Å². The third-order valence-corrected chi connectivity index (χ3v) is 4.55. The lowest BCUT2D eigenvalue weighted by Gasteiger charge is -1.99. The number of hydrogen-bond donors (Lipinski definition) is 2. The minimum atomic E-state index is -1.11. The molecule has 3 N–H and O–H groups in total. The van der Waals surface area contributed by atoms with Crippen LogP contribution in [0.5, 0.6) is 0 Å². The molecule has 0 bridgehead atoms. The van der Waals surface area contributed by atoms with Crippen molar-refractivity contribution in [2.45, 2.75) is 6.04 Å². The first-order valence-corrected chi connectivity index (χ1v) is 6.84. The number of rotatable bonds is 3. The number of carbonyl (C=O) groups is 1. The van der Waals surface area contributed by atoms with Crippen LogP contribution in [0.1, 0.15) is 11.7 Å². The molecule has 8 heteroatoms. The normalized spacial score (nSPS) is 12.6. The SMILES string of the molecule is NC(C(=O)O)c1csc(-c2cc(Br)c(Br)o2)n1. The first-order chi connectivity index (χ1) is 7.99. The van der Waals surface area contributed by atoms with E-state index in [1.165, 1.54) is 11.3 Å². The van der Waals surface area contributed by atoms with Crippen molar-refractivity contribution in [2.75, 3.05) is 0 Å². The molecule has 0 spiro atoms. The number of aromatic nitrogens is 1. The van der Waals surface area contributed by atoms with Gasteiger partial charge in [-0.3, -0.25) is 4.79 Å². The molecule has 0 aromatic carbocycles. The van der Waals surface area contributed by atoms with Gasteiger partial charge in [-0.1, -0.05) is 0 Å². The van der Waals surface area contributed by atoms with E-state index in [2.05, 4.69) is 36.8 Å². The number of aliphatic carboxylic acids is 1. The molecule has 0 aliphatic heterocycles. The molecule has 5 nitrogen and oxygen atoms in total. The van der Waals surface area contributed by atoms with E-state index in [0.29, 0.717) is 21.1 Å². The summed E-state index contributed by atoms with van der Waals surface area (Å²) in [7, 11) is 0. The van der Waals surface area contributed by atoms with Crippen LogP contribution in [-0.4, -0.2) is 16.1 Å². The second-order valence-corrected chi connectivity index (χ2v) is 5.56. The first-order valence-electron chi connectivity index (χ1n) is 4.38. The number of carboxylic acids is 1. The Hall–Kier alpha value is -0.700. The fraction of sp³-hybridized carbons (Fsp3) is 0.111. The van der Waals surface area contributed by atoms with Crippen LogP contribution in [0.2, 0.25) is 0 Å². The lowest BCUT2D eigenvalue weighted by Crippen LogP contribution is -2.20. The highest BCUT2D eigenvalue weighted by Gasteiger charge is 2.19. The molecule has 0 aliphatic carbocycles. The lowest BCUT2D eigenvalue weighted by molar-refractivity contribution is -0.138. The van der Waals surface area contributed by atoms with Crippen molar-refractivity contribution in [3.63, 3.8) is 0 Å². The molecule has 1 atom stereocenters. The Kier molecular flexibility index (Phi) is 3.67. The Morgan fingerprint density at radius 1 is 1.59 bits per heavy atom. The second-order valence-electron chi connectivity index (χ2n) is 3.13. The quantitative estimate of drug-likeness (QED) is 0.852. The minimum Gasteiger partial charge on any atom is -0.480 e. The number of furan rings is 1. The minimum absolute atomic E-state index is 0.321. The van der Waals surface area contributed by atoms with E-state index in [4.69, 9.17) is 15.3 Å². The maximum absolute atomic E-state index is 10.7. The highest BCUT2D eigenvalue weighted by atomic mass is 79.9. The maximum atomic E-state index is 10.7. The van der Waals surface area contributed by atoms with Crippen molar-refractivity contribution < 1.29 is 14.3 Å². The summed E-state index contributed by atoms with van der Waals surface area (Å²) < 4.78 is 6.72. The summed E-state index contributed by atoms with van der Waals surface area (Å²) in [6.07, 6.45) is 0. The average Bonchev–Trinajstić information content (AvgIpc) is 2.85. The van der Waals surface area contributed by atoms with Gasteiger partial charge in [-0.05, 0) is 31.9 Å². The summed E-state index contributed by atoms with van der Waals surface area (Å²) in [5, 5.41) is 11.0. The van der Waals surface area contributed by atoms with Crippen molar-refractivity contribution in [3.8, 4) is 10.8 Å².